The van der Waals surface area contributed by atoms with Crippen LogP contribution < -0.4 is 5.32 Å². The van der Waals surface area contributed by atoms with Crippen molar-refractivity contribution in [1.82, 2.24) is 5.32 Å². The van der Waals surface area contributed by atoms with Gasteiger partial charge in [-0.05, 0) is 43.4 Å². The molecule has 5 heteroatoms. The van der Waals surface area contributed by atoms with Gasteiger partial charge in [0, 0.05) is 11.4 Å². The number of rotatable bonds is 2. The first kappa shape index (κ1) is 11.8. The lowest BCUT2D eigenvalue weighted by molar-refractivity contribution is 0.0927. The second-order valence-corrected chi connectivity index (χ2v) is 4.99. The van der Waals surface area contributed by atoms with Crippen molar-refractivity contribution in [3.05, 3.63) is 23.1 Å². The number of alkyl halides is 1. The molecule has 0 atom stereocenters. The summed E-state index contributed by atoms with van der Waals surface area (Å²) < 4.78 is 4.88. The van der Waals surface area contributed by atoms with Crippen molar-refractivity contribution in [3.63, 3.8) is 0 Å². The van der Waals surface area contributed by atoms with Crippen molar-refractivity contribution in [2.24, 2.45) is 0 Å². The van der Waals surface area contributed by atoms with Crippen molar-refractivity contribution in [1.29, 1.82) is 0 Å². The lowest BCUT2D eigenvalue weighted by atomic mass is 9.95. The Hall–Kier alpha value is -0.670. The van der Waals surface area contributed by atoms with Crippen LogP contribution in [0.4, 0.5) is 0 Å². The minimum atomic E-state index is -0.170. The molecule has 3 nitrogen and oxygen atoms in total. The van der Waals surface area contributed by atoms with Crippen LogP contribution in [0.15, 0.2) is 16.7 Å². The van der Waals surface area contributed by atoms with Gasteiger partial charge in [-0.2, -0.15) is 0 Å². The minimum absolute atomic E-state index is 0.142. The van der Waals surface area contributed by atoms with Crippen molar-refractivity contribution in [2.45, 2.75) is 37.1 Å². The molecule has 16 heavy (non-hydrogen) atoms. The van der Waals surface area contributed by atoms with Gasteiger partial charge in [0.05, 0.1) is 11.8 Å². The standard InChI is InChI=1S/C11H13Cl2NO2/c12-7-1-3-8(4-2-7)14-11(15)9-5-6-16-10(9)13/h5-8H,1-4H2,(H,14,15). The fraction of sp³-hybridized carbons (Fsp3) is 0.545. The molecular formula is C11H13Cl2NO2. The van der Waals surface area contributed by atoms with E-state index in [0.717, 1.165) is 25.7 Å². The van der Waals surface area contributed by atoms with E-state index in [-0.39, 0.29) is 22.5 Å². The molecule has 0 spiro atoms. The third kappa shape index (κ3) is 2.71. The lowest BCUT2D eigenvalue weighted by Crippen LogP contribution is -2.37. The minimum Gasteiger partial charge on any atom is -0.452 e. The van der Waals surface area contributed by atoms with E-state index in [1.54, 1.807) is 6.07 Å². The first-order valence-electron chi connectivity index (χ1n) is 5.34. The van der Waals surface area contributed by atoms with E-state index in [1.165, 1.54) is 6.26 Å². The molecule has 1 fully saturated rings. The number of halogens is 2. The Bertz CT molecular complexity index is 370. The lowest BCUT2D eigenvalue weighted by Gasteiger charge is -2.25. The third-order valence-corrected chi connectivity index (χ3v) is 3.58. The van der Waals surface area contributed by atoms with Crippen molar-refractivity contribution >= 4 is 29.1 Å². The fourth-order valence-corrected chi connectivity index (χ4v) is 2.37. The molecule has 0 aliphatic heterocycles. The van der Waals surface area contributed by atoms with Gasteiger partial charge in [0.1, 0.15) is 0 Å². The zero-order valence-electron chi connectivity index (χ0n) is 8.71. The first-order valence-corrected chi connectivity index (χ1v) is 6.16. The molecule has 0 saturated heterocycles. The molecule has 0 bridgehead atoms. The third-order valence-electron chi connectivity index (χ3n) is 2.85. The topological polar surface area (TPSA) is 42.2 Å². The maximum absolute atomic E-state index is 11.8. The van der Waals surface area contributed by atoms with Crippen LogP contribution in [0.3, 0.4) is 0 Å². The normalized spacial score (nSPS) is 25.4. The van der Waals surface area contributed by atoms with Gasteiger partial charge in [-0.3, -0.25) is 4.79 Å². The van der Waals surface area contributed by atoms with Gasteiger partial charge in [0.15, 0.2) is 0 Å². The Balaban J connectivity index is 1.91. The summed E-state index contributed by atoms with van der Waals surface area (Å²) in [6.07, 6.45) is 5.16. The molecule has 1 N–H and O–H groups in total. The predicted octanol–water partition coefficient (Wildman–Crippen LogP) is 3.21. The summed E-state index contributed by atoms with van der Waals surface area (Å²) in [4.78, 5) is 11.8. The van der Waals surface area contributed by atoms with E-state index >= 15 is 0 Å². The predicted molar refractivity (Wildman–Crippen MR) is 63.1 cm³/mol. The Morgan fingerprint density at radius 2 is 2.06 bits per heavy atom. The fourth-order valence-electron chi connectivity index (χ4n) is 1.92. The van der Waals surface area contributed by atoms with Crippen LogP contribution in [0.5, 0.6) is 0 Å². The Labute approximate surface area is 104 Å². The molecule has 0 radical (unpaired) electrons. The summed E-state index contributed by atoms with van der Waals surface area (Å²) in [7, 11) is 0. The van der Waals surface area contributed by atoms with Crippen LogP contribution in [0.2, 0.25) is 5.22 Å². The highest BCUT2D eigenvalue weighted by Gasteiger charge is 2.22. The van der Waals surface area contributed by atoms with Crippen LogP contribution in [0, 0.1) is 0 Å². The molecule has 0 aromatic carbocycles. The Morgan fingerprint density at radius 3 is 2.62 bits per heavy atom. The largest absolute Gasteiger partial charge is 0.452 e. The number of amides is 1. The van der Waals surface area contributed by atoms with Crippen molar-refractivity contribution < 1.29 is 9.21 Å². The average molecular weight is 262 g/mol. The summed E-state index contributed by atoms with van der Waals surface area (Å²) >= 11 is 11.7. The SMILES string of the molecule is O=C(NC1CCC(Cl)CC1)c1ccoc1Cl. The molecule has 1 aromatic heterocycles. The van der Waals surface area contributed by atoms with Gasteiger partial charge in [0.25, 0.3) is 5.91 Å². The molecular weight excluding hydrogens is 249 g/mol. The Kier molecular flexibility index (Phi) is 3.77. The van der Waals surface area contributed by atoms with Gasteiger partial charge < -0.3 is 9.73 Å². The quantitative estimate of drug-likeness (QED) is 0.831. The van der Waals surface area contributed by atoms with Crippen molar-refractivity contribution in [2.75, 3.05) is 0 Å². The summed E-state index contributed by atoms with van der Waals surface area (Å²) in [5.41, 5.74) is 0.398. The van der Waals surface area contributed by atoms with Crippen LogP contribution >= 0.6 is 23.2 Å². The molecule has 1 heterocycles. The van der Waals surface area contributed by atoms with Crippen LogP contribution in [-0.4, -0.2) is 17.3 Å². The number of nitrogens with one attached hydrogen (secondary N) is 1. The highest BCUT2D eigenvalue weighted by atomic mass is 35.5. The van der Waals surface area contributed by atoms with Gasteiger partial charge >= 0.3 is 0 Å². The van der Waals surface area contributed by atoms with E-state index in [9.17, 15) is 4.79 Å². The van der Waals surface area contributed by atoms with Gasteiger partial charge in [-0.15, -0.1) is 11.6 Å². The highest BCUT2D eigenvalue weighted by Crippen LogP contribution is 2.23. The number of carbonyl (C=O) groups excluding carboxylic acids is 1. The Morgan fingerprint density at radius 1 is 1.38 bits per heavy atom. The molecule has 1 aromatic rings. The molecule has 0 unspecified atom stereocenters. The van der Waals surface area contributed by atoms with E-state index in [1.807, 2.05) is 0 Å². The number of hydrogen-bond donors (Lipinski definition) is 1. The zero-order chi connectivity index (χ0) is 11.5. The number of furan rings is 1. The summed E-state index contributed by atoms with van der Waals surface area (Å²) in [5.74, 6) is -0.170. The van der Waals surface area contributed by atoms with Crippen LogP contribution in [0.1, 0.15) is 36.0 Å². The molecule has 1 amide bonds. The van der Waals surface area contributed by atoms with E-state index in [2.05, 4.69) is 5.32 Å². The van der Waals surface area contributed by atoms with Crippen LogP contribution in [0.25, 0.3) is 0 Å². The van der Waals surface area contributed by atoms with Crippen molar-refractivity contribution in [3.8, 4) is 0 Å². The zero-order valence-corrected chi connectivity index (χ0v) is 10.2. The van der Waals surface area contributed by atoms with E-state index < -0.39 is 0 Å². The second-order valence-electron chi connectivity index (χ2n) is 4.03. The van der Waals surface area contributed by atoms with Gasteiger partial charge in [-0.1, -0.05) is 0 Å². The number of hydrogen-bond acceptors (Lipinski definition) is 2. The second kappa shape index (κ2) is 5.11. The van der Waals surface area contributed by atoms with E-state index in [4.69, 9.17) is 27.6 Å². The van der Waals surface area contributed by atoms with Gasteiger partial charge in [0.2, 0.25) is 5.22 Å². The van der Waals surface area contributed by atoms with E-state index in [0.29, 0.717) is 5.56 Å². The monoisotopic (exact) mass is 261 g/mol. The maximum Gasteiger partial charge on any atom is 0.256 e. The smallest absolute Gasteiger partial charge is 0.256 e. The maximum atomic E-state index is 11.8. The average Bonchev–Trinajstić information content (AvgIpc) is 2.68. The summed E-state index contributed by atoms with van der Waals surface area (Å²) in [6, 6.07) is 1.78. The van der Waals surface area contributed by atoms with Gasteiger partial charge in [-0.25, -0.2) is 0 Å². The molecule has 1 saturated carbocycles. The molecule has 1 aliphatic rings. The summed E-state index contributed by atoms with van der Waals surface area (Å²) in [5, 5.41) is 3.34. The van der Waals surface area contributed by atoms with Crippen LogP contribution in [-0.2, 0) is 0 Å². The molecule has 88 valence electrons. The first-order chi connectivity index (χ1) is 7.66. The molecule has 2 rings (SSSR count). The summed E-state index contributed by atoms with van der Waals surface area (Å²) in [6.45, 7) is 0. The number of carbonyl (C=O) groups is 1. The molecule has 1 aliphatic carbocycles. The highest BCUT2D eigenvalue weighted by molar-refractivity contribution is 6.32.